The van der Waals surface area contributed by atoms with Gasteiger partial charge in [0, 0.05) is 24.6 Å². The Morgan fingerprint density at radius 1 is 1.55 bits per heavy atom. The topological polar surface area (TPSA) is 38.8 Å². The van der Waals surface area contributed by atoms with E-state index in [2.05, 4.69) is 17.0 Å². The van der Waals surface area contributed by atoms with Gasteiger partial charge in [-0.05, 0) is 32.4 Å². The molecule has 2 aliphatic heterocycles. The van der Waals surface area contributed by atoms with Gasteiger partial charge in [-0.25, -0.2) is 0 Å². The van der Waals surface area contributed by atoms with E-state index in [1.54, 1.807) is 6.07 Å². The quantitative estimate of drug-likeness (QED) is 0.787. The minimum absolute atomic E-state index is 0.0320. The minimum Gasteiger partial charge on any atom is -0.488 e. The highest BCUT2D eigenvalue weighted by Gasteiger charge is 2.55. The van der Waals surface area contributed by atoms with Crippen LogP contribution in [0.4, 0.5) is 0 Å². The SMILES string of the molecule is COC(=O)[C@@]12CCCN1C[C@H](Oc1cc#cc(C)c1)C2. The van der Waals surface area contributed by atoms with Gasteiger partial charge in [0.25, 0.3) is 0 Å². The molecule has 1 aromatic rings. The molecule has 2 atom stereocenters. The van der Waals surface area contributed by atoms with Gasteiger partial charge in [-0.15, -0.1) is 0 Å². The Hall–Kier alpha value is -1.73. The third-order valence-corrected chi connectivity index (χ3v) is 4.32. The van der Waals surface area contributed by atoms with Crippen LogP contribution in [0.5, 0.6) is 5.75 Å². The third-order valence-electron chi connectivity index (χ3n) is 4.32. The number of carbonyl (C=O) groups is 1. The first-order chi connectivity index (χ1) is 9.64. The van der Waals surface area contributed by atoms with Crippen molar-refractivity contribution in [3.63, 3.8) is 0 Å². The lowest BCUT2D eigenvalue weighted by atomic mass is 9.93. The van der Waals surface area contributed by atoms with E-state index in [0.29, 0.717) is 6.42 Å². The fourth-order valence-corrected chi connectivity index (χ4v) is 3.47. The van der Waals surface area contributed by atoms with E-state index >= 15 is 0 Å². The molecule has 0 aromatic heterocycles. The largest absolute Gasteiger partial charge is 0.488 e. The lowest BCUT2D eigenvalue weighted by Crippen LogP contribution is -2.46. The first-order valence-electron chi connectivity index (χ1n) is 7.04. The molecular formula is C16H19NO3. The lowest BCUT2D eigenvalue weighted by molar-refractivity contribution is -0.151. The number of carbonyl (C=O) groups excluding carboxylic acids is 1. The van der Waals surface area contributed by atoms with Gasteiger partial charge in [0.1, 0.15) is 17.4 Å². The summed E-state index contributed by atoms with van der Waals surface area (Å²) >= 11 is 0. The van der Waals surface area contributed by atoms with Gasteiger partial charge in [-0.2, -0.15) is 0 Å². The highest BCUT2D eigenvalue weighted by Crippen LogP contribution is 2.41. The van der Waals surface area contributed by atoms with Gasteiger partial charge in [-0.1, -0.05) is 12.1 Å². The van der Waals surface area contributed by atoms with Gasteiger partial charge < -0.3 is 9.47 Å². The summed E-state index contributed by atoms with van der Waals surface area (Å²) in [5, 5.41) is 0. The van der Waals surface area contributed by atoms with Crippen molar-refractivity contribution in [2.24, 2.45) is 0 Å². The van der Waals surface area contributed by atoms with Crippen molar-refractivity contribution in [3.8, 4) is 5.75 Å². The molecule has 106 valence electrons. The van der Waals surface area contributed by atoms with Crippen molar-refractivity contribution in [1.29, 1.82) is 0 Å². The van der Waals surface area contributed by atoms with E-state index in [9.17, 15) is 4.79 Å². The molecule has 2 saturated heterocycles. The van der Waals surface area contributed by atoms with Crippen LogP contribution in [0, 0.1) is 19.1 Å². The normalized spacial score (nSPS) is 28.8. The lowest BCUT2D eigenvalue weighted by Gasteiger charge is -2.27. The summed E-state index contributed by atoms with van der Waals surface area (Å²) in [5.74, 6) is 0.678. The minimum atomic E-state index is -0.459. The van der Waals surface area contributed by atoms with Crippen LogP contribution in [-0.2, 0) is 9.53 Å². The molecule has 4 heteroatoms. The van der Waals surface area contributed by atoms with E-state index in [0.717, 1.165) is 37.2 Å². The summed E-state index contributed by atoms with van der Waals surface area (Å²) in [5.41, 5.74) is 0.544. The summed E-state index contributed by atoms with van der Waals surface area (Å²) in [6.07, 6.45) is 2.66. The van der Waals surface area contributed by atoms with E-state index in [-0.39, 0.29) is 12.1 Å². The number of fused-ring (bicyclic) bond motifs is 1. The predicted molar refractivity (Wildman–Crippen MR) is 73.4 cm³/mol. The second-order valence-electron chi connectivity index (χ2n) is 5.66. The number of hydrogen-bond donors (Lipinski definition) is 0. The van der Waals surface area contributed by atoms with E-state index in [1.165, 1.54) is 7.11 Å². The average Bonchev–Trinajstić information content (AvgIpc) is 2.95. The number of aryl methyl sites for hydroxylation is 1. The number of nitrogens with zero attached hydrogens (tertiary/aromatic N) is 1. The summed E-state index contributed by atoms with van der Waals surface area (Å²) in [4.78, 5) is 14.4. The maximum atomic E-state index is 12.1. The van der Waals surface area contributed by atoms with Crippen molar-refractivity contribution in [2.45, 2.75) is 37.8 Å². The molecule has 0 unspecified atom stereocenters. The molecule has 0 saturated carbocycles. The zero-order chi connectivity index (χ0) is 14.2. The third kappa shape index (κ3) is 2.12. The molecule has 2 heterocycles. The van der Waals surface area contributed by atoms with Gasteiger partial charge >= 0.3 is 5.97 Å². The molecule has 20 heavy (non-hydrogen) atoms. The molecule has 4 nitrogen and oxygen atoms in total. The predicted octanol–water partition coefficient (Wildman–Crippen LogP) is 1.75. The molecule has 2 fully saturated rings. The van der Waals surface area contributed by atoms with Crippen molar-refractivity contribution in [2.75, 3.05) is 20.2 Å². The Morgan fingerprint density at radius 2 is 2.40 bits per heavy atom. The van der Waals surface area contributed by atoms with Gasteiger partial charge in [-0.3, -0.25) is 9.69 Å². The van der Waals surface area contributed by atoms with Crippen LogP contribution < -0.4 is 4.74 Å². The maximum absolute atomic E-state index is 12.1. The Bertz CT molecular complexity index is 516. The molecular weight excluding hydrogens is 254 g/mol. The monoisotopic (exact) mass is 273 g/mol. The Morgan fingerprint density at radius 3 is 3.15 bits per heavy atom. The first kappa shape index (κ1) is 13.3. The number of hydrogen-bond acceptors (Lipinski definition) is 4. The number of esters is 1. The van der Waals surface area contributed by atoms with Crippen LogP contribution in [0.2, 0.25) is 0 Å². The molecule has 3 rings (SSSR count). The molecule has 0 N–H and O–H groups in total. The summed E-state index contributed by atoms with van der Waals surface area (Å²) in [6.45, 7) is 3.70. The van der Waals surface area contributed by atoms with Crippen LogP contribution in [0.25, 0.3) is 0 Å². The number of ether oxygens (including phenoxy) is 2. The van der Waals surface area contributed by atoms with Crippen LogP contribution >= 0.6 is 0 Å². The molecule has 0 radical (unpaired) electrons. The molecule has 2 aliphatic rings. The summed E-state index contributed by atoms with van der Waals surface area (Å²) < 4.78 is 11.0. The molecule has 0 aliphatic carbocycles. The molecule has 0 amide bonds. The van der Waals surface area contributed by atoms with Crippen LogP contribution in [-0.4, -0.2) is 42.7 Å². The highest BCUT2D eigenvalue weighted by atomic mass is 16.5. The fourth-order valence-electron chi connectivity index (χ4n) is 3.47. The van der Waals surface area contributed by atoms with Gasteiger partial charge in [0.15, 0.2) is 0 Å². The fraction of sp³-hybridized carbons (Fsp3) is 0.562. The number of methoxy groups -OCH3 is 1. The first-order valence-corrected chi connectivity index (χ1v) is 7.04. The zero-order valence-corrected chi connectivity index (χ0v) is 11.9. The second kappa shape index (κ2) is 4.99. The van der Waals surface area contributed by atoms with Crippen molar-refractivity contribution >= 4 is 5.97 Å². The Kier molecular flexibility index (Phi) is 3.31. The summed E-state index contributed by atoms with van der Waals surface area (Å²) in [6, 6.07) is 9.67. The van der Waals surface area contributed by atoms with E-state index < -0.39 is 5.54 Å². The molecule has 1 aromatic carbocycles. The van der Waals surface area contributed by atoms with Crippen LogP contribution in [0.1, 0.15) is 24.8 Å². The van der Waals surface area contributed by atoms with Crippen molar-refractivity contribution in [1.82, 2.24) is 4.90 Å². The molecule has 0 spiro atoms. The van der Waals surface area contributed by atoms with E-state index in [4.69, 9.17) is 9.47 Å². The summed E-state index contributed by atoms with van der Waals surface area (Å²) in [7, 11) is 1.47. The van der Waals surface area contributed by atoms with Gasteiger partial charge in [0.05, 0.1) is 7.11 Å². The van der Waals surface area contributed by atoms with Gasteiger partial charge in [0.2, 0.25) is 0 Å². The Balaban J connectivity index is 1.74. The van der Waals surface area contributed by atoms with Crippen LogP contribution in [0.15, 0.2) is 12.1 Å². The molecule has 0 bridgehead atoms. The zero-order valence-electron chi connectivity index (χ0n) is 11.9. The standard InChI is InChI=1S/C16H19NO3/c1-12-5-3-6-13(9-12)20-14-10-16(15(18)19-2)7-4-8-17(16)11-14/h6,9,14H,4,7-8,10-11H2,1-2H3/t14-,16+/m1/s1. The Labute approximate surface area is 119 Å². The second-order valence-corrected chi connectivity index (χ2v) is 5.66. The average molecular weight is 273 g/mol. The van der Waals surface area contributed by atoms with Crippen molar-refractivity contribution < 1.29 is 14.3 Å². The van der Waals surface area contributed by atoms with E-state index in [1.807, 2.05) is 13.0 Å². The van der Waals surface area contributed by atoms with Crippen LogP contribution in [0.3, 0.4) is 0 Å². The smallest absolute Gasteiger partial charge is 0.326 e. The van der Waals surface area contributed by atoms with Crippen molar-refractivity contribution in [3.05, 3.63) is 29.8 Å². The number of rotatable bonds is 3. The highest BCUT2D eigenvalue weighted by molar-refractivity contribution is 5.81. The maximum Gasteiger partial charge on any atom is 0.326 e.